The molecule has 25 heavy (non-hydrogen) atoms. The zero-order valence-corrected chi connectivity index (χ0v) is 18.8. The molecule has 0 saturated heterocycles. The SMILES string of the molecule is CCN(CC)CC(C)C(O)(c1ccc(Br)cc1)c1ccc(Br)cc1.[Cl-].[H+]. The van der Waals surface area contributed by atoms with E-state index in [1.165, 1.54) is 0 Å². The summed E-state index contributed by atoms with van der Waals surface area (Å²) in [7, 11) is 0. The molecule has 1 N–H and O–H groups in total. The predicted octanol–water partition coefficient (Wildman–Crippen LogP) is 2.54. The second-order valence-corrected chi connectivity index (χ2v) is 8.00. The number of aliphatic hydroxyl groups is 1. The van der Waals surface area contributed by atoms with Crippen molar-refractivity contribution in [1.82, 2.24) is 4.90 Å². The quantitative estimate of drug-likeness (QED) is 0.644. The van der Waals surface area contributed by atoms with Gasteiger partial charge in [-0.1, -0.05) is 76.9 Å². The molecule has 0 fully saturated rings. The number of hydrogen-bond acceptors (Lipinski definition) is 2. The summed E-state index contributed by atoms with van der Waals surface area (Å²) in [6.07, 6.45) is 0. The molecule has 2 aromatic rings. The van der Waals surface area contributed by atoms with Gasteiger partial charge in [0.15, 0.2) is 0 Å². The van der Waals surface area contributed by atoms with Crippen LogP contribution in [0.2, 0.25) is 0 Å². The number of benzene rings is 2. The molecular formula is C20H26Br2ClNO. The molecule has 0 aliphatic carbocycles. The highest BCUT2D eigenvalue weighted by atomic mass is 79.9. The molecule has 0 heterocycles. The van der Waals surface area contributed by atoms with Crippen molar-refractivity contribution in [3.63, 3.8) is 0 Å². The molecule has 0 bridgehead atoms. The van der Waals surface area contributed by atoms with Gasteiger partial charge in [-0.2, -0.15) is 0 Å². The summed E-state index contributed by atoms with van der Waals surface area (Å²) in [5.74, 6) is 0.0553. The summed E-state index contributed by atoms with van der Waals surface area (Å²) in [5, 5.41) is 11.8. The van der Waals surface area contributed by atoms with Crippen LogP contribution in [-0.4, -0.2) is 29.6 Å². The second kappa shape index (κ2) is 10.1. The van der Waals surface area contributed by atoms with Crippen LogP contribution in [0.15, 0.2) is 57.5 Å². The van der Waals surface area contributed by atoms with E-state index in [1.54, 1.807) is 0 Å². The van der Waals surface area contributed by atoms with Crippen molar-refractivity contribution in [2.75, 3.05) is 19.6 Å². The molecule has 0 radical (unpaired) electrons. The fourth-order valence-corrected chi connectivity index (χ4v) is 3.67. The first kappa shape index (κ1) is 22.7. The third-order valence-corrected chi connectivity index (χ3v) is 5.77. The normalized spacial score (nSPS) is 12.8. The monoisotopic (exact) mass is 489 g/mol. The summed E-state index contributed by atoms with van der Waals surface area (Å²) in [6.45, 7) is 9.26. The first-order chi connectivity index (χ1) is 11.4. The molecule has 0 aliphatic heterocycles. The van der Waals surface area contributed by atoms with Crippen molar-refractivity contribution in [2.24, 2.45) is 5.92 Å². The summed E-state index contributed by atoms with van der Waals surface area (Å²) in [6, 6.07) is 16.0. The van der Waals surface area contributed by atoms with Crippen molar-refractivity contribution >= 4 is 31.9 Å². The van der Waals surface area contributed by atoms with Gasteiger partial charge in [-0.05, 0) is 48.5 Å². The Kier molecular flexibility index (Phi) is 9.13. The molecule has 1 unspecified atom stereocenters. The summed E-state index contributed by atoms with van der Waals surface area (Å²) >= 11 is 6.96. The summed E-state index contributed by atoms with van der Waals surface area (Å²) < 4.78 is 2.03. The smallest absolute Gasteiger partial charge is 1.00 e. The van der Waals surface area contributed by atoms with Gasteiger partial charge in [0, 0.05) is 21.4 Å². The summed E-state index contributed by atoms with van der Waals surface area (Å²) in [4.78, 5) is 2.35. The minimum atomic E-state index is -1.02. The van der Waals surface area contributed by atoms with Crippen LogP contribution in [0.4, 0.5) is 0 Å². The number of halogens is 3. The molecule has 5 heteroatoms. The first-order valence-corrected chi connectivity index (χ1v) is 9.97. The molecule has 2 aromatic carbocycles. The van der Waals surface area contributed by atoms with Crippen LogP contribution < -0.4 is 12.4 Å². The van der Waals surface area contributed by atoms with Crippen LogP contribution in [0.1, 0.15) is 33.3 Å². The Morgan fingerprint density at radius 2 is 1.28 bits per heavy atom. The van der Waals surface area contributed by atoms with E-state index in [4.69, 9.17) is 0 Å². The van der Waals surface area contributed by atoms with Gasteiger partial charge in [0.1, 0.15) is 5.60 Å². The maximum atomic E-state index is 11.8. The first-order valence-electron chi connectivity index (χ1n) is 8.38. The minimum Gasteiger partial charge on any atom is -1.00 e. The van der Waals surface area contributed by atoms with E-state index in [1.807, 2.05) is 48.5 Å². The van der Waals surface area contributed by atoms with Gasteiger partial charge < -0.3 is 22.4 Å². The highest BCUT2D eigenvalue weighted by Crippen LogP contribution is 2.38. The van der Waals surface area contributed by atoms with Crippen LogP contribution >= 0.6 is 31.9 Å². The molecule has 0 spiro atoms. The third kappa shape index (κ3) is 5.30. The zero-order chi connectivity index (χ0) is 17.7. The fourth-order valence-electron chi connectivity index (χ4n) is 3.14. The molecule has 2 nitrogen and oxygen atoms in total. The predicted molar refractivity (Wildman–Crippen MR) is 109 cm³/mol. The van der Waals surface area contributed by atoms with Crippen LogP contribution in [-0.2, 0) is 5.60 Å². The van der Waals surface area contributed by atoms with Crippen LogP contribution in [0.3, 0.4) is 0 Å². The van der Waals surface area contributed by atoms with E-state index >= 15 is 0 Å². The van der Waals surface area contributed by atoms with Gasteiger partial charge in [-0.25, -0.2) is 0 Å². The fraction of sp³-hybridized carbons (Fsp3) is 0.400. The van der Waals surface area contributed by atoms with Gasteiger partial charge in [0.25, 0.3) is 0 Å². The van der Waals surface area contributed by atoms with Gasteiger partial charge in [-0.15, -0.1) is 0 Å². The van der Waals surface area contributed by atoms with Gasteiger partial charge >= 0.3 is 1.43 Å². The lowest BCUT2D eigenvalue weighted by molar-refractivity contribution is -0.0000259. The van der Waals surface area contributed by atoms with E-state index in [9.17, 15) is 5.11 Å². The second-order valence-electron chi connectivity index (χ2n) is 6.17. The van der Waals surface area contributed by atoms with Crippen molar-refractivity contribution in [3.05, 3.63) is 68.6 Å². The third-order valence-electron chi connectivity index (χ3n) is 4.71. The van der Waals surface area contributed by atoms with E-state index in [0.29, 0.717) is 0 Å². The Morgan fingerprint density at radius 1 is 0.920 bits per heavy atom. The molecule has 0 aromatic heterocycles. The lowest BCUT2D eigenvalue weighted by Crippen LogP contribution is -3.00. The molecule has 0 amide bonds. The lowest BCUT2D eigenvalue weighted by Gasteiger charge is -2.38. The Morgan fingerprint density at radius 3 is 1.60 bits per heavy atom. The Bertz CT molecular complexity index is 602. The standard InChI is InChI=1S/C20H25Br2NO.ClH/c1-4-23(5-2)14-15(3)20(24,16-6-10-18(21)11-7-16)17-8-12-19(22)13-9-17;/h6-13,15,24H,4-5,14H2,1-3H3;1H. The van der Waals surface area contributed by atoms with E-state index in [2.05, 4.69) is 57.5 Å². The van der Waals surface area contributed by atoms with Crippen molar-refractivity contribution in [3.8, 4) is 0 Å². The summed E-state index contributed by atoms with van der Waals surface area (Å²) in [5.41, 5.74) is 0.824. The zero-order valence-electron chi connectivity index (χ0n) is 15.8. The Labute approximate surface area is 175 Å². The Balaban J connectivity index is 0.00000312. The lowest BCUT2D eigenvalue weighted by atomic mass is 9.76. The molecule has 2 rings (SSSR count). The van der Waals surface area contributed by atoms with Crippen molar-refractivity contribution in [1.29, 1.82) is 0 Å². The van der Waals surface area contributed by atoms with Crippen LogP contribution in [0, 0.1) is 5.92 Å². The molecule has 0 saturated carbocycles. The average Bonchev–Trinajstić information content (AvgIpc) is 2.60. The minimum absolute atomic E-state index is 0. The number of hydrogen-bond donors (Lipinski definition) is 1. The highest BCUT2D eigenvalue weighted by Gasteiger charge is 2.38. The van der Waals surface area contributed by atoms with Crippen LogP contribution in [0.25, 0.3) is 0 Å². The van der Waals surface area contributed by atoms with Gasteiger partial charge in [0.05, 0.1) is 0 Å². The highest BCUT2D eigenvalue weighted by molar-refractivity contribution is 9.10. The topological polar surface area (TPSA) is 23.5 Å². The Hall–Kier alpha value is -0.390. The van der Waals surface area contributed by atoms with Crippen LogP contribution in [0.5, 0.6) is 0 Å². The molecule has 0 aliphatic rings. The van der Waals surface area contributed by atoms with E-state index in [-0.39, 0.29) is 19.8 Å². The number of rotatable bonds is 7. The van der Waals surface area contributed by atoms with E-state index < -0.39 is 5.60 Å². The molecule has 138 valence electrons. The molecular weight excluding hydrogens is 465 g/mol. The van der Waals surface area contributed by atoms with Gasteiger partial charge in [0.2, 0.25) is 0 Å². The maximum Gasteiger partial charge on any atom is 1.00 e. The largest absolute Gasteiger partial charge is 1.00 e. The number of nitrogens with zero attached hydrogens (tertiary/aromatic N) is 1. The van der Waals surface area contributed by atoms with Crippen molar-refractivity contribution < 1.29 is 18.9 Å². The van der Waals surface area contributed by atoms with Crippen molar-refractivity contribution in [2.45, 2.75) is 26.4 Å². The average molecular weight is 492 g/mol. The van der Waals surface area contributed by atoms with Gasteiger partial charge in [-0.3, -0.25) is 0 Å². The maximum absolute atomic E-state index is 11.8. The van der Waals surface area contributed by atoms with E-state index in [0.717, 1.165) is 39.7 Å². The molecule has 1 atom stereocenters.